The van der Waals surface area contributed by atoms with Gasteiger partial charge in [0.15, 0.2) is 0 Å². The van der Waals surface area contributed by atoms with Crippen LogP contribution in [-0.2, 0) is 5.41 Å². The first kappa shape index (κ1) is 27.2. The first-order valence-electron chi connectivity index (χ1n) is 16.7. The Morgan fingerprint density at radius 1 is 0.479 bits per heavy atom. The fraction of sp³-hybridized carbons (Fsp3) is 0.0652. The van der Waals surface area contributed by atoms with Gasteiger partial charge in [-0.05, 0) is 96.0 Å². The molecule has 226 valence electrons. The molecule has 1 heterocycles. The lowest BCUT2D eigenvalue weighted by molar-refractivity contribution is 0.672. The van der Waals surface area contributed by atoms with E-state index >= 15 is 0 Å². The van der Waals surface area contributed by atoms with Crippen molar-refractivity contribution >= 4 is 43.4 Å². The molecule has 0 amide bonds. The van der Waals surface area contributed by atoms with Gasteiger partial charge in [-0.3, -0.25) is 4.57 Å². The van der Waals surface area contributed by atoms with Crippen LogP contribution in [0.25, 0.3) is 82.7 Å². The van der Waals surface area contributed by atoms with Crippen LogP contribution in [0.15, 0.2) is 158 Å². The Morgan fingerprint density at radius 3 is 1.90 bits per heavy atom. The van der Waals surface area contributed by atoms with Gasteiger partial charge >= 0.3 is 0 Å². The molecule has 2 nitrogen and oxygen atoms in total. The van der Waals surface area contributed by atoms with Crippen LogP contribution in [0.1, 0.15) is 25.0 Å². The smallest absolute Gasteiger partial charge is 0.145 e. The third kappa shape index (κ3) is 3.77. The zero-order valence-electron chi connectivity index (χ0n) is 26.9. The van der Waals surface area contributed by atoms with Gasteiger partial charge in [-0.15, -0.1) is 0 Å². The van der Waals surface area contributed by atoms with Gasteiger partial charge in [0.05, 0.1) is 11.0 Å². The lowest BCUT2D eigenvalue weighted by atomic mass is 9.77. The van der Waals surface area contributed by atoms with Crippen LogP contribution in [0.2, 0.25) is 0 Å². The van der Waals surface area contributed by atoms with E-state index in [0.717, 1.165) is 28.1 Å². The molecule has 1 aliphatic rings. The molecule has 48 heavy (non-hydrogen) atoms. The summed E-state index contributed by atoms with van der Waals surface area (Å²) in [7, 11) is 0. The molecule has 0 radical (unpaired) electrons. The highest BCUT2D eigenvalue weighted by Gasteiger charge is 2.39. The standard InChI is InChI=1S/C46H32N2/c1-46(2)43-34-26-24-31(28-32(34)25-27-39(43)42-37-16-8-6-14-35(37)36-15-7-9-17-38(36)44(42)46)29-20-22-30(23-21-29)45-47-40-18-10-11-19-41(40)48(45)33-12-4-3-5-13-33/h3-28H,1-2H3. The Bertz CT molecular complexity index is 2730. The number of aromatic nitrogens is 2. The summed E-state index contributed by atoms with van der Waals surface area (Å²) in [4.78, 5) is 5.07. The molecule has 0 saturated heterocycles. The van der Waals surface area contributed by atoms with E-state index in [1.54, 1.807) is 0 Å². The van der Waals surface area contributed by atoms with Gasteiger partial charge < -0.3 is 0 Å². The monoisotopic (exact) mass is 612 g/mol. The summed E-state index contributed by atoms with van der Waals surface area (Å²) in [5.41, 5.74) is 12.2. The Labute approximate surface area is 279 Å². The van der Waals surface area contributed by atoms with Crippen molar-refractivity contribution in [3.8, 4) is 39.3 Å². The Morgan fingerprint density at radius 2 is 1.10 bits per heavy atom. The SMILES string of the molecule is CC1(C)c2c(ccc3cc(-c4ccc(-c5nc6ccccc6n5-c5ccccc5)cc4)ccc23)-c2c1c1ccccc1c1ccccc21. The zero-order valence-corrected chi connectivity index (χ0v) is 26.9. The molecule has 9 aromatic rings. The molecule has 0 unspecified atom stereocenters. The van der Waals surface area contributed by atoms with E-state index in [-0.39, 0.29) is 5.41 Å². The van der Waals surface area contributed by atoms with Crippen LogP contribution in [0, 0.1) is 0 Å². The summed E-state index contributed by atoms with van der Waals surface area (Å²) >= 11 is 0. The normalized spacial score (nSPS) is 13.4. The molecule has 0 atom stereocenters. The van der Waals surface area contributed by atoms with Gasteiger partial charge in [0.1, 0.15) is 5.82 Å². The van der Waals surface area contributed by atoms with Gasteiger partial charge in [-0.25, -0.2) is 4.98 Å². The van der Waals surface area contributed by atoms with Crippen molar-refractivity contribution in [2.75, 3.05) is 0 Å². The summed E-state index contributed by atoms with van der Waals surface area (Å²) in [5, 5.41) is 7.97. The van der Waals surface area contributed by atoms with Gasteiger partial charge in [0, 0.05) is 16.7 Å². The molecule has 0 N–H and O–H groups in total. The predicted octanol–water partition coefficient (Wildman–Crippen LogP) is 12.1. The number of fused-ring (bicyclic) bond motifs is 11. The van der Waals surface area contributed by atoms with Gasteiger partial charge in [0.25, 0.3) is 0 Å². The summed E-state index contributed by atoms with van der Waals surface area (Å²) in [5.74, 6) is 0.949. The number of hydrogen-bond acceptors (Lipinski definition) is 1. The van der Waals surface area contributed by atoms with Gasteiger partial charge in [-0.2, -0.15) is 0 Å². The van der Waals surface area contributed by atoms with Crippen molar-refractivity contribution < 1.29 is 0 Å². The van der Waals surface area contributed by atoms with E-state index in [1.807, 2.05) is 0 Å². The highest BCUT2D eigenvalue weighted by Crippen LogP contribution is 2.56. The summed E-state index contributed by atoms with van der Waals surface area (Å²) < 4.78 is 2.26. The van der Waals surface area contributed by atoms with E-state index in [4.69, 9.17) is 4.98 Å². The van der Waals surface area contributed by atoms with Crippen LogP contribution in [-0.4, -0.2) is 9.55 Å². The molecule has 10 rings (SSSR count). The fourth-order valence-corrected chi connectivity index (χ4v) is 8.46. The fourth-order valence-electron chi connectivity index (χ4n) is 8.46. The Balaban J connectivity index is 1.09. The minimum Gasteiger partial charge on any atom is -0.292 e. The van der Waals surface area contributed by atoms with Gasteiger partial charge in [-0.1, -0.05) is 141 Å². The summed E-state index contributed by atoms with van der Waals surface area (Å²) in [6.07, 6.45) is 0. The van der Waals surface area contributed by atoms with E-state index < -0.39 is 0 Å². The third-order valence-electron chi connectivity index (χ3n) is 10.5. The minimum atomic E-state index is -0.138. The van der Waals surface area contributed by atoms with E-state index in [2.05, 4.69) is 176 Å². The second-order valence-electron chi connectivity index (χ2n) is 13.6. The second-order valence-corrected chi connectivity index (χ2v) is 13.6. The molecule has 1 aliphatic carbocycles. The van der Waals surface area contributed by atoms with E-state index in [1.165, 1.54) is 65.7 Å². The quantitative estimate of drug-likeness (QED) is 0.182. The van der Waals surface area contributed by atoms with Crippen molar-refractivity contribution in [1.29, 1.82) is 0 Å². The van der Waals surface area contributed by atoms with Crippen LogP contribution in [0.4, 0.5) is 0 Å². The maximum absolute atomic E-state index is 5.07. The molecular formula is C46H32N2. The first-order valence-corrected chi connectivity index (χ1v) is 16.7. The second kappa shape index (κ2) is 10.0. The number of rotatable bonds is 3. The minimum absolute atomic E-state index is 0.138. The molecule has 0 saturated carbocycles. The molecule has 8 aromatic carbocycles. The Hall–Kier alpha value is -5.99. The first-order chi connectivity index (χ1) is 23.6. The van der Waals surface area contributed by atoms with Crippen LogP contribution in [0.5, 0.6) is 0 Å². The van der Waals surface area contributed by atoms with Crippen molar-refractivity contribution in [3.05, 3.63) is 169 Å². The number of hydrogen-bond donors (Lipinski definition) is 0. The predicted molar refractivity (Wildman–Crippen MR) is 202 cm³/mol. The highest BCUT2D eigenvalue weighted by atomic mass is 15.1. The van der Waals surface area contributed by atoms with Crippen molar-refractivity contribution in [2.24, 2.45) is 0 Å². The lowest BCUT2D eigenvalue weighted by Gasteiger charge is -2.25. The molecule has 0 spiro atoms. The van der Waals surface area contributed by atoms with E-state index in [9.17, 15) is 0 Å². The average Bonchev–Trinajstić information content (AvgIpc) is 3.65. The van der Waals surface area contributed by atoms with Gasteiger partial charge in [0.2, 0.25) is 0 Å². The van der Waals surface area contributed by atoms with Crippen molar-refractivity contribution in [3.63, 3.8) is 0 Å². The van der Waals surface area contributed by atoms with Crippen LogP contribution >= 0.6 is 0 Å². The Kier molecular flexibility index (Phi) is 5.66. The lowest BCUT2D eigenvalue weighted by Crippen LogP contribution is -2.16. The maximum atomic E-state index is 5.07. The largest absolute Gasteiger partial charge is 0.292 e. The van der Waals surface area contributed by atoms with Crippen LogP contribution < -0.4 is 0 Å². The molecular weight excluding hydrogens is 581 g/mol. The van der Waals surface area contributed by atoms with Crippen molar-refractivity contribution in [1.82, 2.24) is 9.55 Å². The van der Waals surface area contributed by atoms with Crippen LogP contribution in [0.3, 0.4) is 0 Å². The maximum Gasteiger partial charge on any atom is 0.145 e. The number of imidazole rings is 1. The topological polar surface area (TPSA) is 17.8 Å². The average molecular weight is 613 g/mol. The molecule has 0 aliphatic heterocycles. The molecule has 0 fully saturated rings. The number of benzene rings is 8. The zero-order chi connectivity index (χ0) is 32.0. The number of nitrogens with zero attached hydrogens (tertiary/aromatic N) is 2. The summed E-state index contributed by atoms with van der Waals surface area (Å²) in [6, 6.07) is 57.3. The third-order valence-corrected chi connectivity index (χ3v) is 10.5. The summed E-state index contributed by atoms with van der Waals surface area (Å²) in [6.45, 7) is 4.82. The van der Waals surface area contributed by atoms with E-state index in [0.29, 0.717) is 0 Å². The highest BCUT2D eigenvalue weighted by molar-refractivity contribution is 6.19. The van der Waals surface area contributed by atoms with Crippen molar-refractivity contribution in [2.45, 2.75) is 19.3 Å². The molecule has 1 aromatic heterocycles. The number of para-hydroxylation sites is 3. The molecule has 2 heteroatoms. The molecule has 0 bridgehead atoms.